The first-order chi connectivity index (χ1) is 6.43. The summed E-state index contributed by atoms with van der Waals surface area (Å²) < 4.78 is 0. The standard InChI is InChI=1S/C8H7N5/c1-2-9-12-6-3-7-8(4-10-13-7)11-5(1)6/h1-5,8,11H. The van der Waals surface area contributed by atoms with Crippen LogP contribution in [-0.2, 0) is 0 Å². The van der Waals surface area contributed by atoms with Crippen molar-refractivity contribution in [3.8, 4) is 0 Å². The SMILES string of the molecule is C1=CC2NC3C=NN=C3C=C2N=N1. The molecule has 0 amide bonds. The summed E-state index contributed by atoms with van der Waals surface area (Å²) in [5.74, 6) is 0. The number of hydrogen-bond acceptors (Lipinski definition) is 5. The zero-order chi connectivity index (χ0) is 8.67. The average molecular weight is 173 g/mol. The Hall–Kier alpha value is -1.62. The fourth-order valence-corrected chi connectivity index (χ4v) is 1.54. The van der Waals surface area contributed by atoms with Gasteiger partial charge in [-0.15, -0.1) is 0 Å². The molecule has 0 aliphatic carbocycles. The van der Waals surface area contributed by atoms with Crippen LogP contribution in [0.5, 0.6) is 0 Å². The molecule has 0 fully saturated rings. The van der Waals surface area contributed by atoms with Crippen molar-refractivity contribution >= 4 is 11.9 Å². The van der Waals surface area contributed by atoms with Crippen LogP contribution in [0.4, 0.5) is 0 Å². The molecular formula is C8H7N5. The number of hydrogen-bond donors (Lipinski definition) is 1. The molecule has 3 heterocycles. The second kappa shape index (κ2) is 2.43. The van der Waals surface area contributed by atoms with Crippen LogP contribution in [0.1, 0.15) is 0 Å². The van der Waals surface area contributed by atoms with E-state index >= 15 is 0 Å². The Morgan fingerprint density at radius 3 is 3.31 bits per heavy atom. The highest BCUT2D eigenvalue weighted by molar-refractivity contribution is 6.12. The first-order valence-corrected chi connectivity index (χ1v) is 4.10. The monoisotopic (exact) mass is 173 g/mol. The van der Waals surface area contributed by atoms with Crippen molar-refractivity contribution in [3.63, 3.8) is 0 Å². The van der Waals surface area contributed by atoms with Gasteiger partial charge in [0.05, 0.1) is 29.7 Å². The van der Waals surface area contributed by atoms with Gasteiger partial charge in [0, 0.05) is 6.20 Å². The lowest BCUT2D eigenvalue weighted by molar-refractivity contribution is 0.647. The van der Waals surface area contributed by atoms with E-state index in [-0.39, 0.29) is 12.1 Å². The molecule has 2 atom stereocenters. The van der Waals surface area contributed by atoms with Crippen LogP contribution in [-0.4, -0.2) is 24.0 Å². The summed E-state index contributed by atoms with van der Waals surface area (Å²) in [6.45, 7) is 0. The molecule has 13 heavy (non-hydrogen) atoms. The Kier molecular flexibility index (Phi) is 1.28. The van der Waals surface area contributed by atoms with Crippen LogP contribution in [0.25, 0.3) is 0 Å². The smallest absolute Gasteiger partial charge is 0.0900 e. The number of azo groups is 1. The molecule has 3 rings (SSSR count). The summed E-state index contributed by atoms with van der Waals surface area (Å²) >= 11 is 0. The minimum Gasteiger partial charge on any atom is -0.292 e. The molecule has 0 aromatic carbocycles. The van der Waals surface area contributed by atoms with Crippen LogP contribution < -0.4 is 5.32 Å². The number of rotatable bonds is 0. The largest absolute Gasteiger partial charge is 0.292 e. The van der Waals surface area contributed by atoms with E-state index in [9.17, 15) is 0 Å². The third-order valence-electron chi connectivity index (χ3n) is 2.20. The minimum atomic E-state index is 0.145. The van der Waals surface area contributed by atoms with E-state index in [1.807, 2.05) is 12.2 Å². The lowest BCUT2D eigenvalue weighted by atomic mass is 10.0. The predicted molar refractivity (Wildman–Crippen MR) is 48.7 cm³/mol. The van der Waals surface area contributed by atoms with Gasteiger partial charge in [0.1, 0.15) is 0 Å². The van der Waals surface area contributed by atoms with Gasteiger partial charge in [0.25, 0.3) is 0 Å². The van der Waals surface area contributed by atoms with Gasteiger partial charge in [-0.3, -0.25) is 5.32 Å². The van der Waals surface area contributed by atoms with Gasteiger partial charge in [-0.2, -0.15) is 20.4 Å². The molecule has 64 valence electrons. The maximum Gasteiger partial charge on any atom is 0.0900 e. The van der Waals surface area contributed by atoms with Gasteiger partial charge in [0.2, 0.25) is 0 Å². The molecule has 0 saturated heterocycles. The van der Waals surface area contributed by atoms with Gasteiger partial charge in [-0.25, -0.2) is 0 Å². The van der Waals surface area contributed by atoms with Crippen molar-refractivity contribution in [2.45, 2.75) is 12.1 Å². The Labute approximate surface area is 74.7 Å². The molecule has 0 bridgehead atoms. The van der Waals surface area contributed by atoms with E-state index in [0.29, 0.717) is 0 Å². The molecule has 0 saturated carbocycles. The molecule has 5 nitrogen and oxygen atoms in total. The second-order valence-corrected chi connectivity index (χ2v) is 3.04. The lowest BCUT2D eigenvalue weighted by Gasteiger charge is -2.24. The predicted octanol–water partition coefficient (Wildman–Crippen LogP) is 0.631. The van der Waals surface area contributed by atoms with Gasteiger partial charge in [0.15, 0.2) is 0 Å². The van der Waals surface area contributed by atoms with Crippen molar-refractivity contribution in [2.24, 2.45) is 20.4 Å². The summed E-state index contributed by atoms with van der Waals surface area (Å²) in [5.41, 5.74) is 1.82. The van der Waals surface area contributed by atoms with Crippen LogP contribution in [0.2, 0.25) is 0 Å². The summed E-state index contributed by atoms with van der Waals surface area (Å²) in [4.78, 5) is 0. The quantitative estimate of drug-likeness (QED) is 0.573. The van der Waals surface area contributed by atoms with Crippen molar-refractivity contribution in [1.82, 2.24) is 5.32 Å². The van der Waals surface area contributed by atoms with Gasteiger partial charge >= 0.3 is 0 Å². The third kappa shape index (κ3) is 0.972. The molecule has 2 unspecified atom stereocenters. The molecule has 0 radical (unpaired) electrons. The normalized spacial score (nSPS) is 33.8. The number of nitrogens with zero attached hydrogens (tertiary/aromatic N) is 4. The minimum absolute atomic E-state index is 0.145. The Bertz CT molecular complexity index is 387. The Morgan fingerprint density at radius 2 is 2.31 bits per heavy atom. The summed E-state index contributed by atoms with van der Waals surface area (Å²) in [7, 11) is 0. The molecule has 0 aromatic heterocycles. The zero-order valence-electron chi connectivity index (χ0n) is 6.75. The van der Waals surface area contributed by atoms with E-state index in [2.05, 4.69) is 25.7 Å². The molecule has 0 aromatic rings. The van der Waals surface area contributed by atoms with Gasteiger partial charge < -0.3 is 0 Å². The van der Waals surface area contributed by atoms with E-state index in [1.54, 1.807) is 12.4 Å². The highest BCUT2D eigenvalue weighted by Gasteiger charge is 2.28. The van der Waals surface area contributed by atoms with Crippen LogP contribution in [0.15, 0.2) is 44.5 Å². The van der Waals surface area contributed by atoms with Crippen molar-refractivity contribution in [3.05, 3.63) is 24.0 Å². The lowest BCUT2D eigenvalue weighted by Crippen LogP contribution is -2.46. The molecular weight excluding hydrogens is 166 g/mol. The number of fused-ring (bicyclic) bond motifs is 2. The zero-order valence-corrected chi connectivity index (χ0v) is 6.75. The molecule has 0 spiro atoms. The maximum atomic E-state index is 4.01. The van der Waals surface area contributed by atoms with E-state index in [1.165, 1.54) is 0 Å². The van der Waals surface area contributed by atoms with Crippen LogP contribution in [0, 0.1) is 0 Å². The Balaban J connectivity index is 2.04. The maximum absolute atomic E-state index is 4.01. The fraction of sp³-hybridized carbons (Fsp3) is 0.250. The average Bonchev–Trinajstić information content (AvgIpc) is 2.61. The molecule has 3 aliphatic rings. The van der Waals surface area contributed by atoms with E-state index < -0.39 is 0 Å². The van der Waals surface area contributed by atoms with Crippen LogP contribution in [0.3, 0.4) is 0 Å². The van der Waals surface area contributed by atoms with Crippen molar-refractivity contribution in [1.29, 1.82) is 0 Å². The van der Waals surface area contributed by atoms with Gasteiger partial charge in [-0.1, -0.05) is 0 Å². The summed E-state index contributed by atoms with van der Waals surface area (Å²) in [6.07, 6.45) is 7.40. The fourth-order valence-electron chi connectivity index (χ4n) is 1.54. The van der Waals surface area contributed by atoms with Crippen molar-refractivity contribution in [2.75, 3.05) is 0 Å². The third-order valence-corrected chi connectivity index (χ3v) is 2.20. The first kappa shape index (κ1) is 6.85. The topological polar surface area (TPSA) is 61.5 Å². The summed E-state index contributed by atoms with van der Waals surface area (Å²) in [5, 5.41) is 19.0. The van der Waals surface area contributed by atoms with Crippen LogP contribution >= 0.6 is 0 Å². The van der Waals surface area contributed by atoms with E-state index in [4.69, 9.17) is 0 Å². The number of nitrogens with one attached hydrogen (secondary N) is 1. The molecule has 3 aliphatic heterocycles. The van der Waals surface area contributed by atoms with E-state index in [0.717, 1.165) is 11.4 Å². The second-order valence-electron chi connectivity index (χ2n) is 3.04. The summed E-state index contributed by atoms with van der Waals surface area (Å²) in [6, 6.07) is 0.303. The highest BCUT2D eigenvalue weighted by Crippen LogP contribution is 2.19. The molecule has 5 heteroatoms. The highest BCUT2D eigenvalue weighted by atomic mass is 15.3. The molecule has 1 N–H and O–H groups in total. The van der Waals surface area contributed by atoms with Crippen molar-refractivity contribution < 1.29 is 0 Å². The van der Waals surface area contributed by atoms with Gasteiger partial charge in [-0.05, 0) is 12.2 Å². The first-order valence-electron chi connectivity index (χ1n) is 4.10. The Morgan fingerprint density at radius 1 is 1.31 bits per heavy atom.